The molecule has 0 saturated heterocycles. The number of ether oxygens (including phenoxy) is 1. The molecule has 0 aliphatic rings. The highest BCUT2D eigenvalue weighted by Crippen LogP contribution is 2.22. The number of nitrogens with one attached hydrogen (secondary N) is 1. The van der Waals surface area contributed by atoms with Crippen molar-refractivity contribution in [2.75, 3.05) is 19.7 Å². The summed E-state index contributed by atoms with van der Waals surface area (Å²) in [7, 11) is -4.25. The third-order valence-electron chi connectivity index (χ3n) is 2.70. The Morgan fingerprint density at radius 1 is 1.35 bits per heavy atom. The van der Waals surface area contributed by atoms with Gasteiger partial charge in [-0.05, 0) is 25.1 Å². The second-order valence-corrected chi connectivity index (χ2v) is 6.62. The molecule has 0 fully saturated rings. The van der Waals surface area contributed by atoms with Crippen LogP contribution in [0.2, 0.25) is 5.02 Å². The molecule has 23 heavy (non-hydrogen) atoms. The third kappa shape index (κ3) is 5.15. The van der Waals surface area contributed by atoms with Gasteiger partial charge >= 0.3 is 6.09 Å². The van der Waals surface area contributed by atoms with Gasteiger partial charge in [-0.25, -0.2) is 17.6 Å². The number of nitrogens with zero attached hydrogens (tertiary/aromatic N) is 1. The van der Waals surface area contributed by atoms with Crippen molar-refractivity contribution in [3.63, 3.8) is 0 Å². The van der Waals surface area contributed by atoms with Crippen molar-refractivity contribution in [3.8, 4) is 0 Å². The summed E-state index contributed by atoms with van der Waals surface area (Å²) >= 11 is 5.59. The van der Waals surface area contributed by atoms with Gasteiger partial charge in [0, 0.05) is 11.6 Å². The maximum absolute atomic E-state index is 13.8. The SMILES string of the molecule is CCOC(=O)NC(=O)CN(CC)S(=O)(=O)c1ccc(Cl)cc1F. The first kappa shape index (κ1) is 19.3. The van der Waals surface area contributed by atoms with Gasteiger partial charge in [-0.1, -0.05) is 18.5 Å². The Hall–Kier alpha value is -1.71. The van der Waals surface area contributed by atoms with Crippen molar-refractivity contribution < 1.29 is 27.1 Å². The average Bonchev–Trinajstić information content (AvgIpc) is 2.44. The highest BCUT2D eigenvalue weighted by atomic mass is 35.5. The molecule has 0 aliphatic heterocycles. The summed E-state index contributed by atoms with van der Waals surface area (Å²) in [5.74, 6) is -1.91. The molecule has 1 aromatic rings. The molecule has 0 unspecified atom stereocenters. The van der Waals surface area contributed by atoms with Crippen LogP contribution >= 0.6 is 11.6 Å². The van der Waals surface area contributed by atoms with Crippen LogP contribution in [0, 0.1) is 5.82 Å². The minimum Gasteiger partial charge on any atom is -0.450 e. The Kier molecular flexibility index (Phi) is 6.92. The van der Waals surface area contributed by atoms with Gasteiger partial charge in [0.1, 0.15) is 10.7 Å². The molecular weight excluding hydrogens is 351 g/mol. The number of alkyl carbamates (subject to hydrolysis) is 1. The normalized spacial score (nSPS) is 11.3. The Morgan fingerprint density at radius 3 is 2.52 bits per heavy atom. The van der Waals surface area contributed by atoms with E-state index in [0.29, 0.717) is 0 Å². The first-order valence-electron chi connectivity index (χ1n) is 6.64. The average molecular weight is 367 g/mol. The maximum atomic E-state index is 13.8. The van der Waals surface area contributed by atoms with Gasteiger partial charge in [0.15, 0.2) is 0 Å². The van der Waals surface area contributed by atoms with Crippen LogP contribution < -0.4 is 5.32 Å². The second kappa shape index (κ2) is 8.23. The van der Waals surface area contributed by atoms with Crippen molar-refractivity contribution >= 4 is 33.6 Å². The molecule has 1 aromatic carbocycles. The van der Waals surface area contributed by atoms with Crippen LogP contribution in [0.15, 0.2) is 23.1 Å². The number of halogens is 2. The lowest BCUT2D eigenvalue weighted by Crippen LogP contribution is -2.42. The Balaban J connectivity index is 2.95. The van der Waals surface area contributed by atoms with Crippen molar-refractivity contribution in [2.24, 2.45) is 0 Å². The number of imide groups is 1. The molecule has 2 amide bonds. The van der Waals surface area contributed by atoms with Gasteiger partial charge in [0.25, 0.3) is 0 Å². The third-order valence-corrected chi connectivity index (χ3v) is 4.89. The lowest BCUT2D eigenvalue weighted by Gasteiger charge is -2.20. The molecule has 10 heteroatoms. The summed E-state index contributed by atoms with van der Waals surface area (Å²) in [6.45, 7) is 2.34. The monoisotopic (exact) mass is 366 g/mol. The predicted molar refractivity (Wildman–Crippen MR) is 81.0 cm³/mol. The Bertz CT molecular complexity index is 696. The van der Waals surface area contributed by atoms with Gasteiger partial charge in [-0.15, -0.1) is 0 Å². The summed E-state index contributed by atoms with van der Waals surface area (Å²) in [5.41, 5.74) is 0. The van der Waals surface area contributed by atoms with Crippen LogP contribution in [-0.4, -0.2) is 44.4 Å². The number of hydrogen-bond acceptors (Lipinski definition) is 5. The van der Waals surface area contributed by atoms with Gasteiger partial charge in [-0.2, -0.15) is 4.31 Å². The number of sulfonamides is 1. The highest BCUT2D eigenvalue weighted by molar-refractivity contribution is 7.89. The highest BCUT2D eigenvalue weighted by Gasteiger charge is 2.28. The van der Waals surface area contributed by atoms with E-state index in [-0.39, 0.29) is 18.2 Å². The molecule has 0 bridgehead atoms. The molecule has 0 atom stereocenters. The van der Waals surface area contributed by atoms with Crippen molar-refractivity contribution in [2.45, 2.75) is 18.7 Å². The van der Waals surface area contributed by atoms with E-state index in [4.69, 9.17) is 11.6 Å². The zero-order valence-electron chi connectivity index (χ0n) is 12.5. The van der Waals surface area contributed by atoms with Crippen molar-refractivity contribution in [3.05, 3.63) is 29.0 Å². The summed E-state index contributed by atoms with van der Waals surface area (Å²) in [4.78, 5) is 22.2. The van der Waals surface area contributed by atoms with Gasteiger partial charge < -0.3 is 4.74 Å². The summed E-state index contributed by atoms with van der Waals surface area (Å²) in [6, 6.07) is 3.10. The van der Waals surface area contributed by atoms with E-state index >= 15 is 0 Å². The van der Waals surface area contributed by atoms with Gasteiger partial charge in [0.05, 0.1) is 13.2 Å². The summed E-state index contributed by atoms with van der Waals surface area (Å²) in [5, 5.41) is 1.92. The van der Waals surface area contributed by atoms with E-state index in [9.17, 15) is 22.4 Å². The fraction of sp³-hybridized carbons (Fsp3) is 0.385. The van der Waals surface area contributed by atoms with Crippen LogP contribution in [0.5, 0.6) is 0 Å². The minimum absolute atomic E-state index is 0.0459. The zero-order chi connectivity index (χ0) is 17.6. The fourth-order valence-corrected chi connectivity index (χ4v) is 3.28. The van der Waals surface area contributed by atoms with E-state index in [1.54, 1.807) is 6.92 Å². The lowest BCUT2D eigenvalue weighted by atomic mass is 10.3. The Labute approximate surface area is 138 Å². The molecule has 0 aliphatic carbocycles. The topological polar surface area (TPSA) is 92.8 Å². The summed E-state index contributed by atoms with van der Waals surface area (Å²) < 4.78 is 43.9. The number of carbonyl (C=O) groups is 2. The largest absolute Gasteiger partial charge is 0.450 e. The van der Waals surface area contributed by atoms with Crippen LogP contribution in [0.3, 0.4) is 0 Å². The number of carbonyl (C=O) groups excluding carboxylic acids is 2. The zero-order valence-corrected chi connectivity index (χ0v) is 14.1. The molecular formula is C13H16ClFN2O5S. The smallest absolute Gasteiger partial charge is 0.413 e. The number of amides is 2. The van der Waals surface area contributed by atoms with Crippen LogP contribution in [0.4, 0.5) is 9.18 Å². The van der Waals surface area contributed by atoms with E-state index in [2.05, 4.69) is 4.74 Å². The molecule has 0 saturated carbocycles. The maximum Gasteiger partial charge on any atom is 0.413 e. The quantitative estimate of drug-likeness (QED) is 0.828. The minimum atomic E-state index is -4.25. The molecule has 0 heterocycles. The van der Waals surface area contributed by atoms with Crippen molar-refractivity contribution in [1.29, 1.82) is 0 Å². The predicted octanol–water partition coefficient (Wildman–Crippen LogP) is 1.76. The van der Waals surface area contributed by atoms with Gasteiger partial charge in [-0.3, -0.25) is 10.1 Å². The number of rotatable bonds is 6. The summed E-state index contributed by atoms with van der Waals surface area (Å²) in [6.07, 6.45) is -0.983. The standard InChI is InChI=1S/C13H16ClFN2O5S/c1-3-17(8-12(18)16-13(19)22-4-2)23(20,21)11-6-5-9(14)7-10(11)15/h5-7H,3-4,8H2,1-2H3,(H,16,18,19). The van der Waals surface area contributed by atoms with E-state index in [0.717, 1.165) is 16.4 Å². The first-order chi connectivity index (χ1) is 10.7. The van der Waals surface area contributed by atoms with E-state index in [1.165, 1.54) is 13.0 Å². The number of benzene rings is 1. The van der Waals surface area contributed by atoms with Crippen LogP contribution in [0.25, 0.3) is 0 Å². The van der Waals surface area contributed by atoms with E-state index in [1.807, 2.05) is 5.32 Å². The fourth-order valence-electron chi connectivity index (χ4n) is 1.67. The molecule has 0 spiro atoms. The Morgan fingerprint density at radius 2 is 2.00 bits per heavy atom. The first-order valence-corrected chi connectivity index (χ1v) is 8.46. The van der Waals surface area contributed by atoms with Gasteiger partial charge in [0.2, 0.25) is 15.9 Å². The van der Waals surface area contributed by atoms with Crippen LogP contribution in [0.1, 0.15) is 13.8 Å². The second-order valence-electron chi connectivity index (χ2n) is 4.27. The lowest BCUT2D eigenvalue weighted by molar-refractivity contribution is -0.120. The molecule has 0 aromatic heterocycles. The number of likely N-dealkylation sites (N-methyl/N-ethyl adjacent to an activating group) is 1. The molecule has 128 valence electrons. The van der Waals surface area contributed by atoms with E-state index < -0.39 is 39.3 Å². The molecule has 1 rings (SSSR count). The van der Waals surface area contributed by atoms with Crippen LogP contribution in [-0.2, 0) is 19.6 Å². The molecule has 7 nitrogen and oxygen atoms in total. The molecule has 1 N–H and O–H groups in total. The van der Waals surface area contributed by atoms with Crippen molar-refractivity contribution in [1.82, 2.24) is 9.62 Å². The molecule has 0 radical (unpaired) electrons. The number of hydrogen-bond donors (Lipinski definition) is 1.